The van der Waals surface area contributed by atoms with Gasteiger partial charge in [-0.1, -0.05) is 17.7 Å². The van der Waals surface area contributed by atoms with Gasteiger partial charge in [0.05, 0.1) is 16.5 Å². The molecule has 2 N–H and O–H groups in total. The Morgan fingerprint density at radius 1 is 1.00 bits per heavy atom. The summed E-state index contributed by atoms with van der Waals surface area (Å²) in [4.78, 5) is 22.3. The Balaban J connectivity index is 1.91. The van der Waals surface area contributed by atoms with E-state index >= 15 is 4.39 Å². The first kappa shape index (κ1) is 27.2. The predicted octanol–water partition coefficient (Wildman–Crippen LogP) is 5.49. The van der Waals surface area contributed by atoms with Crippen molar-refractivity contribution in [2.45, 2.75) is 42.0 Å². The second kappa shape index (κ2) is 11.1. The number of carboxylic acids is 1. The van der Waals surface area contributed by atoms with E-state index in [0.717, 1.165) is 18.2 Å². The van der Waals surface area contributed by atoms with E-state index in [1.54, 1.807) is 0 Å². The number of sulfone groups is 1. The molecule has 3 aromatic rings. The molecule has 0 aliphatic rings. The molecule has 0 saturated heterocycles. The van der Waals surface area contributed by atoms with Crippen molar-refractivity contribution in [3.8, 4) is 0 Å². The van der Waals surface area contributed by atoms with Gasteiger partial charge in [-0.15, -0.1) is 0 Å². The average Bonchev–Trinajstić information content (AvgIpc) is 2.80. The highest BCUT2D eigenvalue weighted by Crippen LogP contribution is 2.28. The molecular weight excluding hydrogens is 519 g/mol. The molecule has 1 unspecified atom stereocenters. The molecule has 0 aliphatic heterocycles. The molecule has 11 heteroatoms. The van der Waals surface area contributed by atoms with Crippen LogP contribution in [0, 0.1) is 17.5 Å². The van der Waals surface area contributed by atoms with Gasteiger partial charge in [0, 0.05) is 11.4 Å². The van der Waals surface area contributed by atoms with Gasteiger partial charge in [-0.05, 0) is 79.4 Å². The normalized spacial score (nSPS) is 12.2. The molecule has 0 aromatic heterocycles. The molecule has 0 spiro atoms. The number of halogens is 4. The maximum Gasteiger partial charge on any atom is 0.303 e. The van der Waals surface area contributed by atoms with Crippen LogP contribution in [0.5, 0.6) is 0 Å². The Morgan fingerprint density at radius 3 is 2.31 bits per heavy atom. The number of benzene rings is 3. The van der Waals surface area contributed by atoms with Crippen LogP contribution < -0.4 is 5.32 Å². The van der Waals surface area contributed by atoms with E-state index in [1.165, 1.54) is 31.2 Å². The monoisotopic (exact) mass is 539 g/mol. The number of nitrogens with one attached hydrogen (secondary N) is 1. The molecule has 0 bridgehead atoms. The van der Waals surface area contributed by atoms with Crippen molar-refractivity contribution in [3.63, 3.8) is 0 Å². The van der Waals surface area contributed by atoms with Crippen molar-refractivity contribution in [1.29, 1.82) is 0 Å². The topological polar surface area (TPSA) is 101 Å². The second-order valence-electron chi connectivity index (χ2n) is 8.01. The van der Waals surface area contributed by atoms with Gasteiger partial charge >= 0.3 is 5.97 Å². The minimum atomic E-state index is -4.52. The number of aryl methyl sites for hydroxylation is 1. The van der Waals surface area contributed by atoms with Gasteiger partial charge in [-0.3, -0.25) is 9.59 Å². The number of hydrogen-bond donors (Lipinski definition) is 2. The summed E-state index contributed by atoms with van der Waals surface area (Å²) in [7, 11) is -4.52. The predicted molar refractivity (Wildman–Crippen MR) is 126 cm³/mol. The van der Waals surface area contributed by atoms with E-state index in [2.05, 4.69) is 5.32 Å². The molecule has 6 nitrogen and oxygen atoms in total. The number of carboxylic acid groups (broad SMARTS) is 1. The molecular formula is C25H21ClF3NO5S. The van der Waals surface area contributed by atoms with Gasteiger partial charge in [0.1, 0.15) is 16.5 Å². The zero-order valence-electron chi connectivity index (χ0n) is 18.9. The number of aliphatic carboxylic acids is 1. The fraction of sp³-hybridized carbons (Fsp3) is 0.200. The van der Waals surface area contributed by atoms with Crippen LogP contribution in [0.3, 0.4) is 0 Å². The van der Waals surface area contributed by atoms with E-state index in [1.807, 2.05) is 0 Å². The van der Waals surface area contributed by atoms with E-state index in [0.29, 0.717) is 23.3 Å². The number of amides is 1. The molecule has 0 fully saturated rings. The van der Waals surface area contributed by atoms with Gasteiger partial charge in [-0.2, -0.15) is 0 Å². The van der Waals surface area contributed by atoms with Crippen LogP contribution >= 0.6 is 11.6 Å². The lowest BCUT2D eigenvalue weighted by molar-refractivity contribution is -0.137. The Hall–Kier alpha value is -3.37. The van der Waals surface area contributed by atoms with Crippen LogP contribution in [-0.2, 0) is 21.1 Å². The fourth-order valence-corrected chi connectivity index (χ4v) is 5.15. The first-order valence-electron chi connectivity index (χ1n) is 10.7. The third-order valence-electron chi connectivity index (χ3n) is 5.42. The summed E-state index contributed by atoms with van der Waals surface area (Å²) in [6.07, 6.45) is 0.282. The minimum Gasteiger partial charge on any atom is -0.481 e. The van der Waals surface area contributed by atoms with E-state index in [4.69, 9.17) is 16.7 Å². The van der Waals surface area contributed by atoms with Crippen molar-refractivity contribution < 1.29 is 36.3 Å². The first-order chi connectivity index (χ1) is 16.9. The van der Waals surface area contributed by atoms with E-state index in [-0.39, 0.29) is 29.2 Å². The molecule has 0 saturated carbocycles. The van der Waals surface area contributed by atoms with Gasteiger partial charge in [0.15, 0.2) is 5.82 Å². The van der Waals surface area contributed by atoms with Gasteiger partial charge in [-0.25, -0.2) is 21.6 Å². The lowest BCUT2D eigenvalue weighted by Gasteiger charge is -2.19. The van der Waals surface area contributed by atoms with Gasteiger partial charge in [0.25, 0.3) is 5.91 Å². The highest BCUT2D eigenvalue weighted by molar-refractivity contribution is 7.91. The summed E-state index contributed by atoms with van der Waals surface area (Å²) >= 11 is 5.76. The van der Waals surface area contributed by atoms with Gasteiger partial charge < -0.3 is 10.4 Å². The van der Waals surface area contributed by atoms with E-state index in [9.17, 15) is 26.8 Å². The smallest absolute Gasteiger partial charge is 0.303 e. The van der Waals surface area contributed by atoms with Crippen LogP contribution in [0.25, 0.3) is 0 Å². The van der Waals surface area contributed by atoms with Crippen LogP contribution in [0.1, 0.15) is 47.3 Å². The summed E-state index contributed by atoms with van der Waals surface area (Å²) in [6, 6.07) is 8.81. The maximum absolute atomic E-state index is 15.3. The van der Waals surface area contributed by atoms with Crippen LogP contribution in [0.15, 0.2) is 64.4 Å². The quantitative estimate of drug-likeness (QED) is 0.374. The van der Waals surface area contributed by atoms with Crippen molar-refractivity contribution >= 4 is 33.3 Å². The summed E-state index contributed by atoms with van der Waals surface area (Å²) in [5, 5.41) is 11.5. The lowest BCUT2D eigenvalue weighted by atomic mass is 9.96. The minimum absolute atomic E-state index is 0.143. The number of hydrogen-bond acceptors (Lipinski definition) is 4. The molecule has 0 aliphatic carbocycles. The first-order valence-corrected chi connectivity index (χ1v) is 12.6. The van der Waals surface area contributed by atoms with E-state index < -0.39 is 55.7 Å². The average molecular weight is 540 g/mol. The third-order valence-corrected chi connectivity index (χ3v) is 7.44. The van der Waals surface area contributed by atoms with Crippen molar-refractivity contribution in [3.05, 3.63) is 93.8 Å². The summed E-state index contributed by atoms with van der Waals surface area (Å²) in [6.45, 7) is 1.52. The molecule has 190 valence electrons. The Kier molecular flexibility index (Phi) is 8.42. The Morgan fingerprint density at radius 2 is 1.67 bits per heavy atom. The molecule has 1 amide bonds. The molecule has 0 radical (unpaired) electrons. The fourth-order valence-electron chi connectivity index (χ4n) is 3.66. The number of rotatable bonds is 9. The lowest BCUT2D eigenvalue weighted by Crippen LogP contribution is -2.29. The van der Waals surface area contributed by atoms with Crippen LogP contribution in [-0.4, -0.2) is 25.4 Å². The van der Waals surface area contributed by atoms with Crippen molar-refractivity contribution in [1.82, 2.24) is 5.32 Å². The zero-order valence-corrected chi connectivity index (χ0v) is 20.5. The number of carbonyl (C=O) groups excluding carboxylic acids is 1. The highest BCUT2D eigenvalue weighted by Gasteiger charge is 2.28. The Bertz CT molecular complexity index is 1410. The number of carbonyl (C=O) groups is 2. The third kappa shape index (κ3) is 6.24. The van der Waals surface area contributed by atoms with Crippen molar-refractivity contribution in [2.24, 2.45) is 0 Å². The standard InChI is InChI=1S/C25H21ClF3NO5S/c1-14(20-10-7-17(27)11-15(20)3-2-4-23(31)32)30-25(33)21-12-18(28)13-22(24(21)29)36(34,35)19-8-5-16(26)6-9-19/h5-14H,2-4H2,1H3,(H,30,33)(H,31,32). The van der Waals surface area contributed by atoms with Gasteiger partial charge in [0.2, 0.25) is 9.84 Å². The van der Waals surface area contributed by atoms with Crippen LogP contribution in [0.2, 0.25) is 5.02 Å². The summed E-state index contributed by atoms with van der Waals surface area (Å²) in [5.41, 5.74) is 0.0552. The largest absolute Gasteiger partial charge is 0.481 e. The Labute approximate surface area is 210 Å². The molecule has 1 atom stereocenters. The second-order valence-corrected chi connectivity index (χ2v) is 10.4. The highest BCUT2D eigenvalue weighted by atomic mass is 35.5. The SMILES string of the molecule is CC(NC(=O)c1cc(F)cc(S(=O)(=O)c2ccc(Cl)cc2)c1F)c1ccc(F)cc1CCCC(=O)O. The molecule has 36 heavy (non-hydrogen) atoms. The maximum atomic E-state index is 15.3. The summed E-state index contributed by atoms with van der Waals surface area (Å²) < 4.78 is 69.2. The molecule has 3 aromatic carbocycles. The molecule has 3 rings (SSSR count). The molecule has 0 heterocycles. The van der Waals surface area contributed by atoms with Crippen molar-refractivity contribution in [2.75, 3.05) is 0 Å². The summed E-state index contributed by atoms with van der Waals surface area (Å²) in [5.74, 6) is -5.24. The zero-order chi connectivity index (χ0) is 26.6. The van der Waals surface area contributed by atoms with Crippen LogP contribution in [0.4, 0.5) is 13.2 Å².